The maximum Gasteiger partial charge on any atom is 0.184 e. The molecule has 0 fully saturated rings. The summed E-state index contributed by atoms with van der Waals surface area (Å²) < 4.78 is 5.93. The first kappa shape index (κ1) is 10.6. The molecule has 0 aliphatic rings. The van der Waals surface area contributed by atoms with Gasteiger partial charge in [0.2, 0.25) is 0 Å². The van der Waals surface area contributed by atoms with E-state index in [0.717, 1.165) is 26.8 Å². The molecule has 0 radical (unpaired) electrons. The SMILES string of the molecule is Cc1noc(C)c1CNc1nc(Br)cs1. The van der Waals surface area contributed by atoms with E-state index >= 15 is 0 Å². The molecule has 0 bridgehead atoms. The summed E-state index contributed by atoms with van der Waals surface area (Å²) in [7, 11) is 0. The smallest absolute Gasteiger partial charge is 0.184 e. The van der Waals surface area contributed by atoms with Crippen molar-refractivity contribution in [2.24, 2.45) is 0 Å². The van der Waals surface area contributed by atoms with Crippen LogP contribution in [0.2, 0.25) is 0 Å². The maximum atomic E-state index is 5.07. The second kappa shape index (κ2) is 4.32. The third-order valence-corrected chi connectivity index (χ3v) is 3.58. The second-order valence-corrected chi connectivity index (χ2v) is 4.80. The van der Waals surface area contributed by atoms with Gasteiger partial charge in [-0.05, 0) is 29.8 Å². The van der Waals surface area contributed by atoms with E-state index in [1.165, 1.54) is 0 Å². The molecule has 15 heavy (non-hydrogen) atoms. The molecule has 0 saturated carbocycles. The minimum Gasteiger partial charge on any atom is -0.361 e. The fraction of sp³-hybridized carbons (Fsp3) is 0.333. The quantitative estimate of drug-likeness (QED) is 0.942. The Morgan fingerprint density at radius 1 is 1.53 bits per heavy atom. The third kappa shape index (κ3) is 2.38. The van der Waals surface area contributed by atoms with Crippen LogP contribution in [0, 0.1) is 13.8 Å². The molecule has 4 nitrogen and oxygen atoms in total. The summed E-state index contributed by atoms with van der Waals surface area (Å²) in [6.45, 7) is 4.54. The maximum absolute atomic E-state index is 5.07. The van der Waals surface area contributed by atoms with Gasteiger partial charge in [-0.2, -0.15) is 0 Å². The van der Waals surface area contributed by atoms with E-state index < -0.39 is 0 Å². The van der Waals surface area contributed by atoms with Gasteiger partial charge in [0.15, 0.2) is 5.13 Å². The lowest BCUT2D eigenvalue weighted by molar-refractivity contribution is 0.392. The van der Waals surface area contributed by atoms with E-state index in [0.29, 0.717) is 6.54 Å². The number of halogens is 1. The van der Waals surface area contributed by atoms with Crippen LogP contribution in [0.15, 0.2) is 14.5 Å². The number of rotatable bonds is 3. The lowest BCUT2D eigenvalue weighted by atomic mass is 10.2. The van der Waals surface area contributed by atoms with Crippen molar-refractivity contribution in [1.82, 2.24) is 10.1 Å². The number of nitrogens with zero attached hydrogens (tertiary/aromatic N) is 2. The molecular weight excluding hydrogens is 278 g/mol. The van der Waals surface area contributed by atoms with Crippen molar-refractivity contribution in [1.29, 1.82) is 0 Å². The summed E-state index contributed by atoms with van der Waals surface area (Å²) in [4.78, 5) is 4.24. The highest BCUT2D eigenvalue weighted by molar-refractivity contribution is 9.10. The van der Waals surface area contributed by atoms with Gasteiger partial charge in [-0.15, -0.1) is 11.3 Å². The van der Waals surface area contributed by atoms with Crippen LogP contribution in [0.25, 0.3) is 0 Å². The average molecular weight is 288 g/mol. The highest BCUT2D eigenvalue weighted by atomic mass is 79.9. The molecule has 0 aromatic carbocycles. The van der Waals surface area contributed by atoms with Crippen LogP contribution < -0.4 is 5.32 Å². The molecule has 80 valence electrons. The fourth-order valence-electron chi connectivity index (χ4n) is 1.25. The van der Waals surface area contributed by atoms with Gasteiger partial charge in [-0.25, -0.2) is 4.98 Å². The zero-order chi connectivity index (χ0) is 10.8. The number of aromatic nitrogens is 2. The normalized spacial score (nSPS) is 10.6. The lowest BCUT2D eigenvalue weighted by Gasteiger charge is -2.00. The second-order valence-electron chi connectivity index (χ2n) is 3.13. The molecule has 1 N–H and O–H groups in total. The van der Waals surface area contributed by atoms with E-state index in [2.05, 4.69) is 31.4 Å². The first-order chi connectivity index (χ1) is 7.16. The van der Waals surface area contributed by atoms with Crippen LogP contribution in [0.1, 0.15) is 17.0 Å². The Balaban J connectivity index is 2.05. The lowest BCUT2D eigenvalue weighted by Crippen LogP contribution is -2.00. The Kier molecular flexibility index (Phi) is 3.06. The van der Waals surface area contributed by atoms with Crippen LogP contribution in [0.5, 0.6) is 0 Å². The molecule has 0 spiro atoms. The minimum absolute atomic E-state index is 0.696. The van der Waals surface area contributed by atoms with E-state index in [1.807, 2.05) is 19.2 Å². The van der Waals surface area contributed by atoms with Gasteiger partial charge in [-0.3, -0.25) is 0 Å². The van der Waals surface area contributed by atoms with Crippen LogP contribution in [0.4, 0.5) is 5.13 Å². The average Bonchev–Trinajstić information content (AvgIpc) is 2.73. The molecule has 2 heterocycles. The zero-order valence-corrected chi connectivity index (χ0v) is 10.8. The van der Waals surface area contributed by atoms with Crippen molar-refractivity contribution in [3.05, 3.63) is 27.0 Å². The van der Waals surface area contributed by atoms with Crippen molar-refractivity contribution >= 4 is 32.4 Å². The van der Waals surface area contributed by atoms with Gasteiger partial charge < -0.3 is 9.84 Å². The van der Waals surface area contributed by atoms with Gasteiger partial charge in [0.1, 0.15) is 10.4 Å². The van der Waals surface area contributed by atoms with Crippen LogP contribution >= 0.6 is 27.3 Å². The molecule has 0 aliphatic carbocycles. The summed E-state index contributed by atoms with van der Waals surface area (Å²) in [6.07, 6.45) is 0. The van der Waals surface area contributed by atoms with E-state index in [-0.39, 0.29) is 0 Å². The number of thiazole rings is 1. The molecule has 2 aromatic heterocycles. The number of nitrogens with one attached hydrogen (secondary N) is 1. The largest absolute Gasteiger partial charge is 0.361 e. The summed E-state index contributed by atoms with van der Waals surface area (Å²) in [5, 5.41) is 9.95. The number of hydrogen-bond donors (Lipinski definition) is 1. The highest BCUT2D eigenvalue weighted by Gasteiger charge is 2.08. The molecule has 0 amide bonds. The Labute approximate surface area is 99.8 Å². The summed E-state index contributed by atoms with van der Waals surface area (Å²) in [6, 6.07) is 0. The van der Waals surface area contributed by atoms with Crippen LogP contribution in [-0.4, -0.2) is 10.1 Å². The molecule has 0 aliphatic heterocycles. The molecule has 0 atom stereocenters. The predicted octanol–water partition coefficient (Wildman–Crippen LogP) is 3.12. The number of aryl methyl sites for hydroxylation is 2. The Hall–Kier alpha value is -0.880. The Morgan fingerprint density at radius 2 is 2.33 bits per heavy atom. The summed E-state index contributed by atoms with van der Waals surface area (Å²) in [5.74, 6) is 0.857. The van der Waals surface area contributed by atoms with Crippen LogP contribution in [-0.2, 0) is 6.54 Å². The monoisotopic (exact) mass is 287 g/mol. The van der Waals surface area contributed by atoms with Crippen molar-refractivity contribution in [3.63, 3.8) is 0 Å². The van der Waals surface area contributed by atoms with Gasteiger partial charge in [0.05, 0.1) is 5.69 Å². The zero-order valence-electron chi connectivity index (χ0n) is 8.37. The molecule has 2 rings (SSSR count). The molecule has 0 saturated heterocycles. The molecule has 0 unspecified atom stereocenters. The van der Waals surface area contributed by atoms with Gasteiger partial charge in [0, 0.05) is 17.5 Å². The number of hydrogen-bond acceptors (Lipinski definition) is 5. The van der Waals surface area contributed by atoms with Gasteiger partial charge in [-0.1, -0.05) is 5.16 Å². The Bertz CT molecular complexity index is 446. The molecule has 2 aromatic rings. The third-order valence-electron chi connectivity index (χ3n) is 2.07. The highest BCUT2D eigenvalue weighted by Crippen LogP contribution is 2.21. The van der Waals surface area contributed by atoms with Crippen molar-refractivity contribution < 1.29 is 4.52 Å². The standard InChI is InChI=1S/C9H10BrN3OS/c1-5-7(6(2)14-13-5)3-11-9-12-8(10)4-15-9/h4H,3H2,1-2H3,(H,11,12). The summed E-state index contributed by atoms with van der Waals surface area (Å²) in [5.41, 5.74) is 2.02. The topological polar surface area (TPSA) is 51.0 Å². The van der Waals surface area contributed by atoms with E-state index in [9.17, 15) is 0 Å². The van der Waals surface area contributed by atoms with Crippen molar-refractivity contribution in [2.75, 3.05) is 5.32 Å². The molecule has 6 heteroatoms. The minimum atomic E-state index is 0.696. The van der Waals surface area contributed by atoms with Gasteiger partial charge >= 0.3 is 0 Å². The predicted molar refractivity (Wildman–Crippen MR) is 63.1 cm³/mol. The Morgan fingerprint density at radius 3 is 2.87 bits per heavy atom. The first-order valence-electron chi connectivity index (χ1n) is 4.43. The summed E-state index contributed by atoms with van der Waals surface area (Å²) >= 11 is 4.87. The van der Waals surface area contributed by atoms with Crippen LogP contribution in [0.3, 0.4) is 0 Å². The molecular formula is C9H10BrN3OS. The van der Waals surface area contributed by atoms with E-state index in [1.54, 1.807) is 11.3 Å². The van der Waals surface area contributed by atoms with Gasteiger partial charge in [0.25, 0.3) is 0 Å². The fourth-order valence-corrected chi connectivity index (χ4v) is 2.40. The number of anilines is 1. The van der Waals surface area contributed by atoms with Crippen molar-refractivity contribution in [3.8, 4) is 0 Å². The van der Waals surface area contributed by atoms with E-state index in [4.69, 9.17) is 4.52 Å². The first-order valence-corrected chi connectivity index (χ1v) is 6.10. The van der Waals surface area contributed by atoms with Crippen molar-refractivity contribution in [2.45, 2.75) is 20.4 Å².